The number of anilines is 1. The smallest absolute Gasteiger partial charge is 0.251 e. The summed E-state index contributed by atoms with van der Waals surface area (Å²) < 4.78 is 0. The van der Waals surface area contributed by atoms with Crippen molar-refractivity contribution < 1.29 is 9.59 Å². The number of benzene rings is 1. The monoisotopic (exact) mass is 405 g/mol. The molecule has 154 valence electrons. The third-order valence-electron chi connectivity index (χ3n) is 5.12. The minimum absolute atomic E-state index is 0.0870. The molecule has 3 heterocycles. The van der Waals surface area contributed by atoms with Gasteiger partial charge in [-0.1, -0.05) is 6.07 Å². The van der Waals surface area contributed by atoms with Crippen LogP contribution in [0.2, 0.25) is 0 Å². The van der Waals surface area contributed by atoms with Gasteiger partial charge in [-0.25, -0.2) is 0 Å². The van der Waals surface area contributed by atoms with Crippen molar-refractivity contribution in [2.24, 2.45) is 5.92 Å². The van der Waals surface area contributed by atoms with Gasteiger partial charge < -0.3 is 20.5 Å². The van der Waals surface area contributed by atoms with E-state index in [9.17, 15) is 9.59 Å². The highest BCUT2D eigenvalue weighted by Crippen LogP contribution is 2.17. The first-order valence-corrected chi connectivity index (χ1v) is 9.79. The Morgan fingerprint density at radius 2 is 2.07 bits per heavy atom. The maximum atomic E-state index is 12.5. The zero-order valence-corrected chi connectivity index (χ0v) is 16.6. The van der Waals surface area contributed by atoms with E-state index < -0.39 is 0 Å². The lowest BCUT2D eigenvalue weighted by Crippen LogP contribution is -2.33. The number of carbonyl (C=O) groups is 2. The van der Waals surface area contributed by atoms with E-state index in [2.05, 4.69) is 30.8 Å². The molecular formula is C21H23N7O2. The Labute approximate surface area is 173 Å². The summed E-state index contributed by atoms with van der Waals surface area (Å²) in [7, 11) is 1.79. The van der Waals surface area contributed by atoms with Gasteiger partial charge in [-0.2, -0.15) is 0 Å². The molecule has 1 atom stereocenters. The van der Waals surface area contributed by atoms with Gasteiger partial charge in [0.2, 0.25) is 5.91 Å². The molecule has 1 aliphatic heterocycles. The van der Waals surface area contributed by atoms with Gasteiger partial charge in [0.05, 0.1) is 12.5 Å². The summed E-state index contributed by atoms with van der Waals surface area (Å²) in [5.74, 6) is 1.11. The second-order valence-electron chi connectivity index (χ2n) is 7.25. The number of aromatic amines is 1. The summed E-state index contributed by atoms with van der Waals surface area (Å²) in [6, 6.07) is 10.9. The maximum absolute atomic E-state index is 12.5. The van der Waals surface area contributed by atoms with E-state index in [1.165, 1.54) is 0 Å². The van der Waals surface area contributed by atoms with Crippen LogP contribution in [0, 0.1) is 5.92 Å². The average molecular weight is 405 g/mol. The number of hydrogen-bond donors (Lipinski definition) is 3. The molecule has 3 aromatic rings. The Morgan fingerprint density at radius 1 is 1.23 bits per heavy atom. The molecule has 1 saturated heterocycles. The standard InChI is InChI=1S/C21H23N7O2/c1-28-10-7-16(21(28)30)12-24-20(29)15-3-2-4-17(11-15)23-13-18-25-19(27-26-18)14-5-8-22-9-6-14/h2-6,8-9,11,16,23H,7,10,12-13H2,1H3,(H,24,29)(H,25,26,27). The molecule has 30 heavy (non-hydrogen) atoms. The molecule has 2 amide bonds. The van der Waals surface area contributed by atoms with E-state index in [0.717, 1.165) is 24.2 Å². The molecule has 0 radical (unpaired) electrons. The van der Waals surface area contributed by atoms with Gasteiger partial charge in [0, 0.05) is 49.3 Å². The maximum Gasteiger partial charge on any atom is 0.251 e. The van der Waals surface area contributed by atoms with Gasteiger partial charge in [0.1, 0.15) is 5.82 Å². The summed E-state index contributed by atoms with van der Waals surface area (Å²) in [5, 5.41) is 14.4. The van der Waals surface area contributed by atoms with Crippen LogP contribution < -0.4 is 10.6 Å². The molecule has 9 nitrogen and oxygen atoms in total. The summed E-state index contributed by atoms with van der Waals surface area (Å²) >= 11 is 0. The minimum Gasteiger partial charge on any atom is -0.378 e. The molecule has 4 rings (SSSR count). The first-order valence-electron chi connectivity index (χ1n) is 9.79. The normalized spacial score (nSPS) is 16.0. The van der Waals surface area contributed by atoms with Crippen LogP contribution in [0.25, 0.3) is 11.4 Å². The highest BCUT2D eigenvalue weighted by Gasteiger charge is 2.29. The lowest BCUT2D eigenvalue weighted by atomic mass is 10.1. The Hall–Kier alpha value is -3.75. The molecule has 2 aromatic heterocycles. The molecule has 0 aliphatic carbocycles. The van der Waals surface area contributed by atoms with Crippen LogP contribution in [0.4, 0.5) is 5.69 Å². The van der Waals surface area contributed by atoms with E-state index in [-0.39, 0.29) is 17.7 Å². The fourth-order valence-electron chi connectivity index (χ4n) is 3.37. The molecule has 1 unspecified atom stereocenters. The first kappa shape index (κ1) is 19.6. The number of likely N-dealkylation sites (tertiary alicyclic amines) is 1. The summed E-state index contributed by atoms with van der Waals surface area (Å²) in [6.45, 7) is 1.53. The molecule has 1 aliphatic rings. The second kappa shape index (κ2) is 8.73. The number of H-pyrrole nitrogens is 1. The SMILES string of the molecule is CN1CCC(CNC(=O)c2cccc(NCc3nnc(-c4ccncc4)[nH]3)c2)C1=O. The number of hydrogen-bond acceptors (Lipinski definition) is 6. The number of nitrogens with one attached hydrogen (secondary N) is 3. The van der Waals surface area contributed by atoms with E-state index in [1.54, 1.807) is 36.5 Å². The van der Waals surface area contributed by atoms with Crippen LogP contribution in [0.1, 0.15) is 22.6 Å². The number of rotatable bonds is 7. The molecule has 1 fully saturated rings. The lowest BCUT2D eigenvalue weighted by Gasteiger charge is -2.12. The van der Waals surface area contributed by atoms with Crippen molar-refractivity contribution >= 4 is 17.5 Å². The van der Waals surface area contributed by atoms with Crippen LogP contribution in [0.3, 0.4) is 0 Å². The van der Waals surface area contributed by atoms with Crippen molar-refractivity contribution in [3.63, 3.8) is 0 Å². The van der Waals surface area contributed by atoms with Gasteiger partial charge in [0.25, 0.3) is 5.91 Å². The van der Waals surface area contributed by atoms with E-state index in [1.807, 2.05) is 24.3 Å². The van der Waals surface area contributed by atoms with E-state index in [4.69, 9.17) is 0 Å². The van der Waals surface area contributed by atoms with Crippen LogP contribution in [0.5, 0.6) is 0 Å². The van der Waals surface area contributed by atoms with Crippen LogP contribution in [-0.2, 0) is 11.3 Å². The molecule has 0 spiro atoms. The van der Waals surface area contributed by atoms with E-state index in [0.29, 0.717) is 30.3 Å². The van der Waals surface area contributed by atoms with Crippen LogP contribution in [-0.4, -0.2) is 57.0 Å². The zero-order valence-electron chi connectivity index (χ0n) is 16.6. The van der Waals surface area contributed by atoms with Crippen molar-refractivity contribution in [3.05, 3.63) is 60.2 Å². The topological polar surface area (TPSA) is 116 Å². The predicted molar refractivity (Wildman–Crippen MR) is 111 cm³/mol. The third-order valence-corrected chi connectivity index (χ3v) is 5.12. The Kier molecular flexibility index (Phi) is 5.69. The van der Waals surface area contributed by atoms with Crippen molar-refractivity contribution in [1.29, 1.82) is 0 Å². The fraction of sp³-hybridized carbons (Fsp3) is 0.286. The average Bonchev–Trinajstić information content (AvgIpc) is 3.39. The minimum atomic E-state index is -0.194. The van der Waals surface area contributed by atoms with Crippen LogP contribution >= 0.6 is 0 Å². The Morgan fingerprint density at radius 3 is 2.83 bits per heavy atom. The van der Waals surface area contributed by atoms with Gasteiger partial charge in [-0.3, -0.25) is 14.6 Å². The Bertz CT molecular complexity index is 1030. The predicted octanol–water partition coefficient (Wildman–Crippen LogP) is 1.69. The summed E-state index contributed by atoms with van der Waals surface area (Å²) in [4.78, 5) is 33.3. The van der Waals surface area contributed by atoms with Crippen molar-refractivity contribution in [3.8, 4) is 11.4 Å². The largest absolute Gasteiger partial charge is 0.378 e. The number of pyridine rings is 1. The quantitative estimate of drug-likeness (QED) is 0.551. The zero-order chi connectivity index (χ0) is 20.9. The Balaban J connectivity index is 1.33. The van der Waals surface area contributed by atoms with E-state index >= 15 is 0 Å². The lowest BCUT2D eigenvalue weighted by molar-refractivity contribution is -0.129. The molecular weight excluding hydrogens is 382 g/mol. The molecule has 9 heteroatoms. The number of aromatic nitrogens is 4. The molecule has 1 aromatic carbocycles. The second-order valence-corrected chi connectivity index (χ2v) is 7.25. The highest BCUT2D eigenvalue weighted by molar-refractivity contribution is 5.95. The summed E-state index contributed by atoms with van der Waals surface area (Å²) in [6.07, 6.45) is 4.18. The number of nitrogens with zero attached hydrogens (tertiary/aromatic N) is 4. The molecule has 0 saturated carbocycles. The number of carbonyl (C=O) groups excluding carboxylic acids is 2. The van der Waals surface area contributed by atoms with Crippen molar-refractivity contribution in [2.75, 3.05) is 25.5 Å². The molecule has 3 N–H and O–H groups in total. The van der Waals surface area contributed by atoms with Gasteiger partial charge in [-0.05, 0) is 36.8 Å². The van der Waals surface area contributed by atoms with Gasteiger partial charge in [-0.15, -0.1) is 10.2 Å². The highest BCUT2D eigenvalue weighted by atomic mass is 16.2. The number of amides is 2. The van der Waals surface area contributed by atoms with Gasteiger partial charge in [0.15, 0.2) is 5.82 Å². The van der Waals surface area contributed by atoms with Crippen molar-refractivity contribution in [1.82, 2.24) is 30.4 Å². The first-order chi connectivity index (χ1) is 14.6. The van der Waals surface area contributed by atoms with Crippen molar-refractivity contribution in [2.45, 2.75) is 13.0 Å². The fourth-order valence-corrected chi connectivity index (χ4v) is 3.37. The molecule has 0 bridgehead atoms. The third kappa shape index (κ3) is 4.45. The van der Waals surface area contributed by atoms with Gasteiger partial charge >= 0.3 is 0 Å². The summed E-state index contributed by atoms with van der Waals surface area (Å²) in [5.41, 5.74) is 2.24. The van der Waals surface area contributed by atoms with Crippen LogP contribution in [0.15, 0.2) is 48.8 Å².